The van der Waals surface area contributed by atoms with Gasteiger partial charge >= 0.3 is 6.03 Å². The summed E-state index contributed by atoms with van der Waals surface area (Å²) in [6.45, 7) is 0. The fourth-order valence-electron chi connectivity index (χ4n) is 1.31. The summed E-state index contributed by atoms with van der Waals surface area (Å²) < 4.78 is 0. The first-order valence-corrected chi connectivity index (χ1v) is 6.53. The highest BCUT2D eigenvalue weighted by molar-refractivity contribution is 7.10. The number of thiophene rings is 1. The van der Waals surface area contributed by atoms with Crippen LogP contribution in [0.15, 0.2) is 48.0 Å². The number of rotatable bonds is 3. The molecule has 0 unspecified atom stereocenters. The lowest BCUT2D eigenvalue weighted by molar-refractivity contribution is 0.255. The second-order valence-electron chi connectivity index (χ2n) is 3.43. The van der Waals surface area contributed by atoms with Crippen LogP contribution in [-0.4, -0.2) is 6.03 Å². The third-order valence-corrected chi connectivity index (χ3v) is 3.29. The number of hydrogen-bond donors (Lipinski definition) is 2. The summed E-state index contributed by atoms with van der Waals surface area (Å²) in [7, 11) is 0. The number of carbonyl (C=O) groups is 1. The van der Waals surface area contributed by atoms with Crippen molar-refractivity contribution in [1.82, 2.24) is 5.32 Å². The van der Waals surface area contributed by atoms with Crippen molar-refractivity contribution >= 4 is 40.7 Å². The molecule has 0 saturated carbocycles. The topological polar surface area (TPSA) is 41.1 Å². The van der Waals surface area contributed by atoms with E-state index in [0.717, 1.165) is 4.88 Å². The number of para-hydroxylation sites is 1. The summed E-state index contributed by atoms with van der Waals surface area (Å²) in [6, 6.07) is 10.7. The lowest BCUT2D eigenvalue weighted by atomic mass is 10.3. The van der Waals surface area contributed by atoms with E-state index < -0.39 is 0 Å². The Morgan fingerprint density at radius 3 is 2.78 bits per heavy atom. The SMILES string of the molecule is O=C(N/C=C/c1cccs1)Nc1ccccc1Cl. The van der Waals surface area contributed by atoms with Gasteiger partial charge in [-0.2, -0.15) is 0 Å². The molecule has 1 aromatic carbocycles. The molecule has 18 heavy (non-hydrogen) atoms. The Morgan fingerprint density at radius 1 is 1.22 bits per heavy atom. The van der Waals surface area contributed by atoms with Crippen molar-refractivity contribution in [2.24, 2.45) is 0 Å². The van der Waals surface area contributed by atoms with Crippen molar-refractivity contribution < 1.29 is 4.79 Å². The van der Waals surface area contributed by atoms with Crippen LogP contribution in [0.4, 0.5) is 10.5 Å². The summed E-state index contributed by atoms with van der Waals surface area (Å²) >= 11 is 7.53. The van der Waals surface area contributed by atoms with Gasteiger partial charge in [0.25, 0.3) is 0 Å². The van der Waals surface area contributed by atoms with Gasteiger partial charge in [0, 0.05) is 11.1 Å². The van der Waals surface area contributed by atoms with Gasteiger partial charge < -0.3 is 10.6 Å². The summed E-state index contributed by atoms with van der Waals surface area (Å²) in [6.07, 6.45) is 3.43. The quantitative estimate of drug-likeness (QED) is 0.868. The number of benzene rings is 1. The highest BCUT2D eigenvalue weighted by Gasteiger charge is 2.02. The zero-order chi connectivity index (χ0) is 12.8. The van der Waals surface area contributed by atoms with E-state index in [4.69, 9.17) is 11.6 Å². The molecule has 2 amide bonds. The monoisotopic (exact) mass is 278 g/mol. The third-order valence-electron chi connectivity index (χ3n) is 2.13. The van der Waals surface area contributed by atoms with E-state index in [2.05, 4.69) is 10.6 Å². The molecular weight excluding hydrogens is 268 g/mol. The molecule has 0 aliphatic heterocycles. The van der Waals surface area contributed by atoms with E-state index in [-0.39, 0.29) is 6.03 Å². The molecule has 1 aromatic heterocycles. The van der Waals surface area contributed by atoms with Crippen LogP contribution in [-0.2, 0) is 0 Å². The zero-order valence-corrected chi connectivity index (χ0v) is 11.0. The Labute approximate surface area is 114 Å². The van der Waals surface area contributed by atoms with Gasteiger partial charge in [-0.05, 0) is 29.7 Å². The smallest absolute Gasteiger partial charge is 0.314 e. The maximum absolute atomic E-state index is 11.6. The minimum atomic E-state index is -0.323. The highest BCUT2D eigenvalue weighted by Crippen LogP contribution is 2.20. The second kappa shape index (κ2) is 6.23. The fraction of sp³-hybridized carbons (Fsp3) is 0. The predicted octanol–water partition coefficient (Wildman–Crippen LogP) is 4.19. The molecule has 0 aliphatic carbocycles. The van der Waals surface area contributed by atoms with Crippen molar-refractivity contribution in [2.75, 3.05) is 5.32 Å². The molecule has 0 bridgehead atoms. The highest BCUT2D eigenvalue weighted by atomic mass is 35.5. The van der Waals surface area contributed by atoms with Crippen molar-refractivity contribution in [3.05, 3.63) is 57.9 Å². The molecule has 0 atom stereocenters. The van der Waals surface area contributed by atoms with Crippen LogP contribution in [0, 0.1) is 0 Å². The number of urea groups is 1. The first-order valence-electron chi connectivity index (χ1n) is 5.28. The van der Waals surface area contributed by atoms with Gasteiger partial charge in [0.1, 0.15) is 0 Å². The van der Waals surface area contributed by atoms with Gasteiger partial charge in [0.2, 0.25) is 0 Å². The lowest BCUT2D eigenvalue weighted by Crippen LogP contribution is -2.23. The predicted molar refractivity (Wildman–Crippen MR) is 77.0 cm³/mol. The van der Waals surface area contributed by atoms with E-state index in [1.807, 2.05) is 35.7 Å². The van der Waals surface area contributed by atoms with Gasteiger partial charge in [0.05, 0.1) is 10.7 Å². The Kier molecular flexibility index (Phi) is 4.39. The summed E-state index contributed by atoms with van der Waals surface area (Å²) in [5, 5.41) is 7.76. The van der Waals surface area contributed by atoms with Crippen LogP contribution < -0.4 is 10.6 Å². The molecular formula is C13H11ClN2OS. The Balaban J connectivity index is 1.88. The van der Waals surface area contributed by atoms with Crippen LogP contribution in [0.3, 0.4) is 0 Å². The maximum atomic E-state index is 11.6. The van der Waals surface area contributed by atoms with Crippen LogP contribution in [0.25, 0.3) is 6.08 Å². The molecule has 2 N–H and O–H groups in total. The Hall–Kier alpha value is -1.78. The average Bonchev–Trinajstić information content (AvgIpc) is 2.85. The second-order valence-corrected chi connectivity index (χ2v) is 4.81. The summed E-state index contributed by atoms with van der Waals surface area (Å²) in [4.78, 5) is 12.6. The van der Waals surface area contributed by atoms with Crippen LogP contribution in [0.5, 0.6) is 0 Å². The van der Waals surface area contributed by atoms with E-state index >= 15 is 0 Å². The maximum Gasteiger partial charge on any atom is 0.323 e. The fourth-order valence-corrected chi connectivity index (χ4v) is 2.11. The Morgan fingerprint density at radius 2 is 2.06 bits per heavy atom. The van der Waals surface area contributed by atoms with E-state index in [0.29, 0.717) is 10.7 Å². The van der Waals surface area contributed by atoms with E-state index in [1.165, 1.54) is 0 Å². The number of amides is 2. The van der Waals surface area contributed by atoms with Gasteiger partial charge in [-0.15, -0.1) is 11.3 Å². The van der Waals surface area contributed by atoms with Crippen LogP contribution in [0.1, 0.15) is 4.88 Å². The molecule has 92 valence electrons. The molecule has 0 aliphatic rings. The molecule has 0 fully saturated rings. The van der Waals surface area contributed by atoms with Crippen LogP contribution in [0.2, 0.25) is 5.02 Å². The first kappa shape index (κ1) is 12.7. The largest absolute Gasteiger partial charge is 0.323 e. The minimum absolute atomic E-state index is 0.323. The average molecular weight is 279 g/mol. The molecule has 1 heterocycles. The van der Waals surface area contributed by atoms with Crippen molar-refractivity contribution in [2.45, 2.75) is 0 Å². The summed E-state index contributed by atoms with van der Waals surface area (Å²) in [5.74, 6) is 0. The number of carbonyl (C=O) groups excluding carboxylic acids is 1. The molecule has 5 heteroatoms. The lowest BCUT2D eigenvalue weighted by Gasteiger charge is -2.05. The standard InChI is InChI=1S/C13H11ClN2OS/c14-11-5-1-2-6-12(11)16-13(17)15-8-7-10-4-3-9-18-10/h1-9H,(H2,15,16,17)/b8-7+. The van der Waals surface area contributed by atoms with Crippen molar-refractivity contribution in [1.29, 1.82) is 0 Å². The molecule has 0 saturated heterocycles. The van der Waals surface area contributed by atoms with Gasteiger partial charge in [-0.1, -0.05) is 29.8 Å². The number of anilines is 1. The molecule has 3 nitrogen and oxygen atoms in total. The van der Waals surface area contributed by atoms with Crippen molar-refractivity contribution in [3.63, 3.8) is 0 Å². The zero-order valence-electron chi connectivity index (χ0n) is 9.39. The first-order chi connectivity index (χ1) is 8.75. The van der Waals surface area contributed by atoms with Crippen LogP contribution >= 0.6 is 22.9 Å². The van der Waals surface area contributed by atoms with E-state index in [9.17, 15) is 4.79 Å². The third kappa shape index (κ3) is 3.61. The van der Waals surface area contributed by atoms with Gasteiger partial charge in [-0.3, -0.25) is 0 Å². The van der Waals surface area contributed by atoms with Crippen molar-refractivity contribution in [3.8, 4) is 0 Å². The normalized spacial score (nSPS) is 10.5. The number of hydrogen-bond acceptors (Lipinski definition) is 2. The molecule has 0 spiro atoms. The summed E-state index contributed by atoms with van der Waals surface area (Å²) in [5.41, 5.74) is 0.584. The minimum Gasteiger partial charge on any atom is -0.314 e. The van der Waals surface area contributed by atoms with Gasteiger partial charge in [-0.25, -0.2) is 4.79 Å². The van der Waals surface area contributed by atoms with Gasteiger partial charge in [0.15, 0.2) is 0 Å². The molecule has 2 aromatic rings. The number of halogens is 1. The number of nitrogens with one attached hydrogen (secondary N) is 2. The van der Waals surface area contributed by atoms with E-state index in [1.54, 1.807) is 29.7 Å². The Bertz CT molecular complexity index is 552. The molecule has 0 radical (unpaired) electrons. The molecule has 2 rings (SSSR count).